The molecule has 1 unspecified atom stereocenters. The molecule has 0 bridgehead atoms. The Labute approximate surface area is 83.3 Å². The van der Waals surface area contributed by atoms with Crippen LogP contribution < -0.4 is 5.32 Å². The smallest absolute Gasteiger partial charge is 0.193 e. The van der Waals surface area contributed by atoms with Crippen molar-refractivity contribution in [3.63, 3.8) is 0 Å². The minimum atomic E-state index is -0.0242. The number of fused-ring (bicyclic) bond motifs is 1. The quantitative estimate of drug-likeness (QED) is 0.695. The molecule has 0 amide bonds. The van der Waals surface area contributed by atoms with Gasteiger partial charge in [-0.1, -0.05) is 0 Å². The van der Waals surface area contributed by atoms with Crippen molar-refractivity contribution >= 4 is 11.6 Å². The first-order valence-corrected chi connectivity index (χ1v) is 4.93. The van der Waals surface area contributed by atoms with Crippen LogP contribution in [0.15, 0.2) is 10.5 Å². The van der Waals surface area contributed by atoms with Gasteiger partial charge in [-0.3, -0.25) is 0 Å². The summed E-state index contributed by atoms with van der Waals surface area (Å²) in [6.07, 6.45) is 0.922. The number of furan rings is 1. The first-order valence-electron chi connectivity index (χ1n) is 4.55. The summed E-state index contributed by atoms with van der Waals surface area (Å²) in [5, 5.41) is 4.00. The van der Waals surface area contributed by atoms with Crippen molar-refractivity contribution in [2.24, 2.45) is 0 Å². The van der Waals surface area contributed by atoms with E-state index in [0.717, 1.165) is 12.2 Å². The first-order chi connectivity index (χ1) is 5.99. The van der Waals surface area contributed by atoms with Gasteiger partial charge in [-0.25, -0.2) is 0 Å². The van der Waals surface area contributed by atoms with Gasteiger partial charge in [-0.2, -0.15) is 0 Å². The summed E-state index contributed by atoms with van der Waals surface area (Å²) in [5.74, 6) is 1.03. The minimum absolute atomic E-state index is 0.0242. The van der Waals surface area contributed by atoms with Gasteiger partial charge < -0.3 is 9.73 Å². The monoisotopic (exact) mass is 199 g/mol. The minimum Gasteiger partial charge on any atom is -0.449 e. The second-order valence-electron chi connectivity index (χ2n) is 4.26. The molecule has 2 nitrogen and oxygen atoms in total. The third-order valence-electron chi connectivity index (χ3n) is 2.55. The van der Waals surface area contributed by atoms with Gasteiger partial charge in [-0.05, 0) is 32.4 Å². The van der Waals surface area contributed by atoms with Gasteiger partial charge in [-0.15, -0.1) is 0 Å². The molecule has 1 aliphatic rings. The van der Waals surface area contributed by atoms with Crippen molar-refractivity contribution in [3.05, 3.63) is 22.6 Å². The van der Waals surface area contributed by atoms with Gasteiger partial charge >= 0.3 is 0 Å². The van der Waals surface area contributed by atoms with Gasteiger partial charge in [0.25, 0.3) is 0 Å². The average molecular weight is 200 g/mol. The summed E-state index contributed by atoms with van der Waals surface area (Å²) in [4.78, 5) is 0. The standard InChI is InChI=1S/C10H14ClNO/c1-6-4-8-7(5-9(11)13-8)10(2,3)12-6/h5-6,12H,4H2,1-3H3. The zero-order valence-corrected chi connectivity index (χ0v) is 8.90. The molecule has 0 radical (unpaired) electrons. The molecule has 1 aromatic heterocycles. The summed E-state index contributed by atoms with van der Waals surface area (Å²) in [6.45, 7) is 6.45. The zero-order valence-electron chi connectivity index (χ0n) is 8.15. The molecule has 2 rings (SSSR count). The van der Waals surface area contributed by atoms with Crippen LogP contribution in [0.5, 0.6) is 0 Å². The van der Waals surface area contributed by atoms with Crippen molar-refractivity contribution in [3.8, 4) is 0 Å². The Bertz CT molecular complexity index is 330. The Hall–Kier alpha value is -0.470. The molecule has 0 saturated carbocycles. The topological polar surface area (TPSA) is 25.2 Å². The van der Waals surface area contributed by atoms with Crippen molar-refractivity contribution in [1.82, 2.24) is 5.32 Å². The largest absolute Gasteiger partial charge is 0.449 e. The maximum absolute atomic E-state index is 5.83. The van der Waals surface area contributed by atoms with Crippen molar-refractivity contribution < 1.29 is 4.42 Å². The highest BCUT2D eigenvalue weighted by atomic mass is 35.5. The van der Waals surface area contributed by atoms with E-state index in [1.807, 2.05) is 6.07 Å². The molecule has 2 heterocycles. The van der Waals surface area contributed by atoms with Crippen LogP contribution in [0.3, 0.4) is 0 Å². The van der Waals surface area contributed by atoms with E-state index in [9.17, 15) is 0 Å². The summed E-state index contributed by atoms with van der Waals surface area (Å²) in [6, 6.07) is 2.36. The molecule has 0 aliphatic carbocycles. The molecule has 0 saturated heterocycles. The van der Waals surface area contributed by atoms with Crippen molar-refractivity contribution in [2.75, 3.05) is 0 Å². The second-order valence-corrected chi connectivity index (χ2v) is 4.63. The third-order valence-corrected chi connectivity index (χ3v) is 2.74. The molecule has 1 aliphatic heterocycles. The van der Waals surface area contributed by atoms with Gasteiger partial charge in [0, 0.05) is 29.6 Å². The molecule has 13 heavy (non-hydrogen) atoms. The highest BCUT2D eigenvalue weighted by Crippen LogP contribution is 2.34. The highest BCUT2D eigenvalue weighted by molar-refractivity contribution is 6.28. The molecule has 1 atom stereocenters. The fourth-order valence-electron chi connectivity index (χ4n) is 2.10. The average Bonchev–Trinajstić information content (AvgIpc) is 2.28. The van der Waals surface area contributed by atoms with Crippen LogP contribution in [-0.4, -0.2) is 6.04 Å². The lowest BCUT2D eigenvalue weighted by Gasteiger charge is -2.34. The predicted molar refractivity (Wildman–Crippen MR) is 53.0 cm³/mol. The van der Waals surface area contributed by atoms with E-state index in [1.54, 1.807) is 0 Å². The van der Waals surface area contributed by atoms with E-state index in [2.05, 4.69) is 26.1 Å². The summed E-state index contributed by atoms with van der Waals surface area (Å²) in [5.41, 5.74) is 1.17. The van der Waals surface area contributed by atoms with Gasteiger partial charge in [0.2, 0.25) is 0 Å². The number of nitrogens with one attached hydrogen (secondary N) is 1. The molecule has 1 aromatic rings. The highest BCUT2D eigenvalue weighted by Gasteiger charge is 2.33. The lowest BCUT2D eigenvalue weighted by molar-refractivity contribution is 0.301. The van der Waals surface area contributed by atoms with E-state index in [4.69, 9.17) is 16.0 Å². The zero-order chi connectivity index (χ0) is 9.64. The molecule has 72 valence electrons. The molecule has 0 spiro atoms. The lowest BCUT2D eigenvalue weighted by atomic mass is 9.87. The number of hydrogen-bond donors (Lipinski definition) is 1. The van der Waals surface area contributed by atoms with Gasteiger partial charge in [0.05, 0.1) is 0 Å². The molecule has 0 aromatic carbocycles. The van der Waals surface area contributed by atoms with Crippen LogP contribution in [0.25, 0.3) is 0 Å². The van der Waals surface area contributed by atoms with E-state index < -0.39 is 0 Å². The van der Waals surface area contributed by atoms with Crippen LogP contribution >= 0.6 is 11.6 Å². The number of hydrogen-bond acceptors (Lipinski definition) is 2. The lowest BCUT2D eigenvalue weighted by Crippen LogP contribution is -2.47. The SMILES string of the molecule is CC1Cc2oc(Cl)cc2C(C)(C)N1. The normalized spacial score (nSPS) is 25.7. The van der Waals surface area contributed by atoms with Crippen LogP contribution in [0, 0.1) is 0 Å². The first kappa shape index (κ1) is 9.10. The van der Waals surface area contributed by atoms with E-state index >= 15 is 0 Å². The second kappa shape index (κ2) is 2.76. The molecule has 1 N–H and O–H groups in total. The van der Waals surface area contributed by atoms with E-state index in [1.165, 1.54) is 5.56 Å². The Morgan fingerprint density at radius 2 is 2.31 bits per heavy atom. The molecule has 3 heteroatoms. The Kier molecular flexibility index (Phi) is 1.93. The van der Waals surface area contributed by atoms with Crippen molar-refractivity contribution in [2.45, 2.75) is 38.8 Å². The fraction of sp³-hybridized carbons (Fsp3) is 0.600. The fourth-order valence-corrected chi connectivity index (χ4v) is 2.30. The summed E-state index contributed by atoms with van der Waals surface area (Å²) >= 11 is 5.83. The number of halogens is 1. The van der Waals surface area contributed by atoms with Gasteiger partial charge in [0.1, 0.15) is 5.76 Å². The van der Waals surface area contributed by atoms with Crippen LogP contribution in [0.2, 0.25) is 5.22 Å². The summed E-state index contributed by atoms with van der Waals surface area (Å²) in [7, 11) is 0. The maximum Gasteiger partial charge on any atom is 0.193 e. The Balaban J connectivity index is 2.49. The third kappa shape index (κ3) is 1.49. The van der Waals surface area contributed by atoms with Crippen LogP contribution in [0.4, 0.5) is 0 Å². The Morgan fingerprint density at radius 3 is 3.00 bits per heavy atom. The molecular weight excluding hydrogens is 186 g/mol. The Morgan fingerprint density at radius 1 is 1.62 bits per heavy atom. The van der Waals surface area contributed by atoms with Crippen LogP contribution in [0.1, 0.15) is 32.1 Å². The number of rotatable bonds is 0. The maximum atomic E-state index is 5.83. The summed E-state index contributed by atoms with van der Waals surface area (Å²) < 4.78 is 5.44. The van der Waals surface area contributed by atoms with Crippen molar-refractivity contribution in [1.29, 1.82) is 0 Å². The van der Waals surface area contributed by atoms with Gasteiger partial charge in [0.15, 0.2) is 5.22 Å². The van der Waals surface area contributed by atoms with Crippen LogP contribution in [-0.2, 0) is 12.0 Å². The van der Waals surface area contributed by atoms with E-state index in [0.29, 0.717) is 11.3 Å². The predicted octanol–water partition coefficient (Wildman–Crippen LogP) is 2.70. The van der Waals surface area contributed by atoms with E-state index in [-0.39, 0.29) is 5.54 Å². The molecule has 0 fully saturated rings. The molecular formula is C10H14ClNO.